The van der Waals surface area contributed by atoms with Crippen molar-refractivity contribution in [3.8, 4) is 0 Å². The molecule has 0 spiro atoms. The van der Waals surface area contributed by atoms with E-state index in [4.69, 9.17) is 16.3 Å². The van der Waals surface area contributed by atoms with E-state index in [1.54, 1.807) is 0 Å². The van der Waals surface area contributed by atoms with E-state index in [0.29, 0.717) is 6.61 Å². The van der Waals surface area contributed by atoms with Gasteiger partial charge in [-0.3, -0.25) is 4.18 Å². The van der Waals surface area contributed by atoms with E-state index in [-0.39, 0.29) is 12.0 Å². The molecule has 0 saturated carbocycles. The molecule has 0 aromatic heterocycles. The van der Waals surface area contributed by atoms with Crippen molar-refractivity contribution in [3.63, 3.8) is 0 Å². The van der Waals surface area contributed by atoms with E-state index >= 15 is 0 Å². The Morgan fingerprint density at radius 3 is 2.55 bits per heavy atom. The second-order valence-corrected chi connectivity index (χ2v) is 4.55. The Labute approximate surface area is 70.6 Å². The standard InChI is InChI=1S/C5H9ClO4S/c1-11(7,8)10-5-3-9-2-4(5)6/h4-5H,2-3H2,1H3/t4-,5-/m0/s1. The van der Waals surface area contributed by atoms with E-state index in [0.717, 1.165) is 6.26 Å². The normalized spacial score (nSPS) is 32.5. The molecule has 0 aromatic rings. The summed E-state index contributed by atoms with van der Waals surface area (Å²) in [6.45, 7) is 0.600. The zero-order valence-electron chi connectivity index (χ0n) is 5.99. The third-order valence-electron chi connectivity index (χ3n) is 1.26. The fourth-order valence-corrected chi connectivity index (χ4v) is 1.73. The highest BCUT2D eigenvalue weighted by Gasteiger charge is 2.30. The van der Waals surface area contributed by atoms with E-state index in [9.17, 15) is 8.42 Å². The molecule has 6 heteroatoms. The summed E-state index contributed by atoms with van der Waals surface area (Å²) >= 11 is 5.67. The fraction of sp³-hybridized carbons (Fsp3) is 1.00. The first kappa shape index (κ1) is 9.25. The summed E-state index contributed by atoms with van der Waals surface area (Å²) in [6.07, 6.45) is 0.473. The molecule has 1 rings (SSSR count). The first-order chi connectivity index (χ1) is 4.99. The molecule has 0 aliphatic carbocycles. The van der Waals surface area contributed by atoms with Crippen molar-refractivity contribution < 1.29 is 17.3 Å². The molecule has 1 heterocycles. The number of halogens is 1. The fourth-order valence-electron chi connectivity index (χ4n) is 0.821. The summed E-state index contributed by atoms with van der Waals surface area (Å²) in [5.41, 5.74) is 0. The third kappa shape index (κ3) is 2.94. The Bertz CT molecular complexity index is 225. The summed E-state index contributed by atoms with van der Waals surface area (Å²) in [4.78, 5) is 0. The predicted octanol–water partition coefficient (Wildman–Crippen LogP) is -0.0312. The maximum atomic E-state index is 10.6. The molecule has 1 saturated heterocycles. The zero-order valence-corrected chi connectivity index (χ0v) is 7.56. The third-order valence-corrected chi connectivity index (χ3v) is 2.26. The van der Waals surface area contributed by atoms with Crippen molar-refractivity contribution in [2.24, 2.45) is 0 Å². The Hall–Kier alpha value is 0.160. The number of hydrogen-bond donors (Lipinski definition) is 0. The van der Waals surface area contributed by atoms with Gasteiger partial charge in [-0.15, -0.1) is 11.6 Å². The lowest BCUT2D eigenvalue weighted by atomic mass is 10.3. The Morgan fingerprint density at radius 1 is 1.55 bits per heavy atom. The Balaban J connectivity index is 2.50. The van der Waals surface area contributed by atoms with Gasteiger partial charge >= 0.3 is 0 Å². The van der Waals surface area contributed by atoms with Crippen molar-refractivity contribution >= 4 is 21.7 Å². The predicted molar refractivity (Wildman–Crippen MR) is 40.2 cm³/mol. The minimum Gasteiger partial charge on any atom is -0.377 e. The van der Waals surface area contributed by atoms with Crippen molar-refractivity contribution in [1.82, 2.24) is 0 Å². The van der Waals surface area contributed by atoms with Gasteiger partial charge in [0.2, 0.25) is 0 Å². The maximum absolute atomic E-state index is 10.6. The van der Waals surface area contributed by atoms with Gasteiger partial charge < -0.3 is 4.74 Å². The molecule has 1 aliphatic heterocycles. The highest BCUT2D eigenvalue weighted by atomic mass is 35.5. The quantitative estimate of drug-likeness (QED) is 0.464. The molecule has 0 aromatic carbocycles. The molecule has 0 amide bonds. The molecule has 0 radical (unpaired) electrons. The highest BCUT2D eigenvalue weighted by molar-refractivity contribution is 7.86. The molecule has 0 bridgehead atoms. The van der Waals surface area contributed by atoms with E-state index in [1.165, 1.54) is 0 Å². The average Bonchev–Trinajstić information content (AvgIpc) is 2.12. The van der Waals surface area contributed by atoms with Crippen LogP contribution in [0.15, 0.2) is 0 Å². The van der Waals surface area contributed by atoms with Gasteiger partial charge in [-0.05, 0) is 0 Å². The van der Waals surface area contributed by atoms with Crippen LogP contribution in [0.3, 0.4) is 0 Å². The Morgan fingerprint density at radius 2 is 2.18 bits per heavy atom. The smallest absolute Gasteiger partial charge is 0.264 e. The van der Waals surface area contributed by atoms with E-state index in [2.05, 4.69) is 4.18 Å². The Kier molecular flexibility index (Phi) is 2.74. The van der Waals surface area contributed by atoms with Gasteiger partial charge in [-0.2, -0.15) is 8.42 Å². The molecule has 1 aliphatic rings. The average molecular weight is 201 g/mol. The number of alkyl halides is 1. The van der Waals surface area contributed by atoms with Crippen LogP contribution in [-0.2, 0) is 19.0 Å². The lowest BCUT2D eigenvalue weighted by Gasteiger charge is -2.09. The molecule has 0 N–H and O–H groups in total. The van der Waals surface area contributed by atoms with Crippen LogP contribution in [0, 0.1) is 0 Å². The van der Waals surface area contributed by atoms with Crippen LogP contribution >= 0.6 is 11.6 Å². The molecule has 11 heavy (non-hydrogen) atoms. The van der Waals surface area contributed by atoms with E-state index in [1.807, 2.05) is 0 Å². The second-order valence-electron chi connectivity index (χ2n) is 2.39. The van der Waals surface area contributed by atoms with Crippen LogP contribution < -0.4 is 0 Å². The molecule has 0 unspecified atom stereocenters. The summed E-state index contributed by atoms with van der Waals surface area (Å²) in [6, 6.07) is 0. The SMILES string of the molecule is CS(=O)(=O)O[C@H]1COC[C@@H]1Cl. The summed E-state index contributed by atoms with van der Waals surface area (Å²) in [5, 5.41) is -0.357. The number of rotatable bonds is 2. The van der Waals surface area contributed by atoms with Crippen LogP contribution in [0.5, 0.6) is 0 Å². The molecule has 1 fully saturated rings. The molecule has 4 nitrogen and oxygen atoms in total. The first-order valence-electron chi connectivity index (χ1n) is 3.09. The van der Waals surface area contributed by atoms with Gasteiger partial charge in [0.05, 0.1) is 24.8 Å². The minimum absolute atomic E-state index is 0.251. The van der Waals surface area contributed by atoms with Crippen LogP contribution in [0.2, 0.25) is 0 Å². The summed E-state index contributed by atoms with van der Waals surface area (Å²) in [5.74, 6) is 0. The van der Waals surface area contributed by atoms with Crippen molar-refractivity contribution in [2.45, 2.75) is 11.5 Å². The summed E-state index contributed by atoms with van der Waals surface area (Å²) in [7, 11) is -3.40. The van der Waals surface area contributed by atoms with Crippen molar-refractivity contribution in [1.29, 1.82) is 0 Å². The minimum atomic E-state index is -3.40. The largest absolute Gasteiger partial charge is 0.377 e. The van der Waals surface area contributed by atoms with E-state index < -0.39 is 16.2 Å². The lowest BCUT2D eigenvalue weighted by Crippen LogP contribution is -2.25. The van der Waals surface area contributed by atoms with Crippen molar-refractivity contribution in [3.05, 3.63) is 0 Å². The van der Waals surface area contributed by atoms with Crippen molar-refractivity contribution in [2.75, 3.05) is 19.5 Å². The first-order valence-corrected chi connectivity index (χ1v) is 5.34. The molecule has 66 valence electrons. The van der Waals surface area contributed by atoms with Crippen LogP contribution in [0.25, 0.3) is 0 Å². The molecular formula is C5H9ClO4S. The van der Waals surface area contributed by atoms with Crippen LogP contribution in [0.4, 0.5) is 0 Å². The number of ether oxygens (including phenoxy) is 1. The summed E-state index contributed by atoms with van der Waals surface area (Å²) < 4.78 is 30.7. The van der Waals surface area contributed by atoms with Gasteiger partial charge in [-0.1, -0.05) is 0 Å². The molecular weight excluding hydrogens is 192 g/mol. The van der Waals surface area contributed by atoms with Crippen LogP contribution in [-0.4, -0.2) is 39.4 Å². The van der Waals surface area contributed by atoms with Gasteiger partial charge in [0.15, 0.2) is 0 Å². The topological polar surface area (TPSA) is 52.6 Å². The van der Waals surface area contributed by atoms with Crippen LogP contribution in [0.1, 0.15) is 0 Å². The second kappa shape index (κ2) is 3.26. The monoisotopic (exact) mass is 200 g/mol. The van der Waals surface area contributed by atoms with Gasteiger partial charge in [0.1, 0.15) is 6.10 Å². The highest BCUT2D eigenvalue weighted by Crippen LogP contribution is 2.16. The van der Waals surface area contributed by atoms with Gasteiger partial charge in [-0.25, -0.2) is 0 Å². The zero-order chi connectivity index (χ0) is 8.48. The lowest BCUT2D eigenvalue weighted by molar-refractivity contribution is 0.146. The van der Waals surface area contributed by atoms with Gasteiger partial charge in [0, 0.05) is 0 Å². The number of hydrogen-bond acceptors (Lipinski definition) is 4. The van der Waals surface area contributed by atoms with Gasteiger partial charge in [0.25, 0.3) is 10.1 Å². The maximum Gasteiger partial charge on any atom is 0.264 e. The molecule has 2 atom stereocenters.